The first kappa shape index (κ1) is 18.3. The second-order valence-corrected chi connectivity index (χ2v) is 7.39. The summed E-state index contributed by atoms with van der Waals surface area (Å²) in [6.07, 6.45) is 6.81. The Morgan fingerprint density at radius 1 is 1.13 bits per heavy atom. The summed E-state index contributed by atoms with van der Waals surface area (Å²) in [7, 11) is 0. The molecule has 3 N–H and O–H groups in total. The number of carbonyl (C=O) groups is 1. The summed E-state index contributed by atoms with van der Waals surface area (Å²) in [6, 6.07) is 10.1. The number of benzene rings is 2. The first-order valence-corrected chi connectivity index (χ1v) is 9.74. The van der Waals surface area contributed by atoms with Crippen molar-refractivity contribution in [3.05, 3.63) is 77.8 Å². The van der Waals surface area contributed by atoms with E-state index in [2.05, 4.69) is 15.0 Å². The molecular formula is C23H19FN4O2. The van der Waals surface area contributed by atoms with E-state index in [9.17, 15) is 9.18 Å². The van der Waals surface area contributed by atoms with Gasteiger partial charge in [-0.05, 0) is 36.1 Å². The zero-order valence-electron chi connectivity index (χ0n) is 16.1. The van der Waals surface area contributed by atoms with Crippen molar-refractivity contribution in [2.75, 3.05) is 0 Å². The molecule has 0 saturated carbocycles. The molecule has 0 saturated heterocycles. The highest BCUT2D eigenvalue weighted by atomic mass is 19.1. The lowest BCUT2D eigenvalue weighted by molar-refractivity contribution is 0.100. The molecule has 1 amide bonds. The van der Waals surface area contributed by atoms with Gasteiger partial charge in [0.1, 0.15) is 18.2 Å². The van der Waals surface area contributed by atoms with Crippen molar-refractivity contribution in [1.29, 1.82) is 0 Å². The number of rotatable bonds is 4. The first-order chi connectivity index (χ1) is 14.6. The van der Waals surface area contributed by atoms with Crippen LogP contribution < -0.4 is 10.5 Å². The van der Waals surface area contributed by atoms with E-state index in [4.69, 9.17) is 10.5 Å². The van der Waals surface area contributed by atoms with Crippen LogP contribution in [-0.4, -0.2) is 27.0 Å². The van der Waals surface area contributed by atoms with Crippen molar-refractivity contribution in [1.82, 2.24) is 15.0 Å². The molecule has 4 aromatic rings. The Balaban J connectivity index is 1.65. The average molecular weight is 402 g/mol. The molecule has 5 rings (SSSR count). The topological polar surface area (TPSA) is 93.9 Å². The number of amides is 1. The summed E-state index contributed by atoms with van der Waals surface area (Å²) in [5.41, 5.74) is 9.93. The predicted octanol–water partition coefficient (Wildman–Crippen LogP) is 3.80. The fourth-order valence-corrected chi connectivity index (χ4v) is 4.25. The number of halogens is 1. The van der Waals surface area contributed by atoms with Crippen molar-refractivity contribution >= 4 is 16.8 Å². The van der Waals surface area contributed by atoms with Crippen LogP contribution in [0.1, 0.15) is 28.0 Å². The van der Waals surface area contributed by atoms with E-state index in [0.29, 0.717) is 28.8 Å². The first-order valence-electron chi connectivity index (χ1n) is 9.74. The maximum absolute atomic E-state index is 14.6. The van der Waals surface area contributed by atoms with Gasteiger partial charge < -0.3 is 15.5 Å². The van der Waals surface area contributed by atoms with Crippen LogP contribution in [0, 0.1) is 5.82 Å². The summed E-state index contributed by atoms with van der Waals surface area (Å²) in [6.45, 7) is 0. The van der Waals surface area contributed by atoms with Crippen LogP contribution >= 0.6 is 0 Å². The number of hydrogen-bond donors (Lipinski definition) is 2. The lowest BCUT2D eigenvalue weighted by Crippen LogP contribution is -2.25. The zero-order valence-corrected chi connectivity index (χ0v) is 16.1. The summed E-state index contributed by atoms with van der Waals surface area (Å²) in [5.74, 6) is -0.225. The number of carbonyl (C=O) groups excluding carboxylic acids is 1. The average Bonchev–Trinajstić information content (AvgIpc) is 3.13. The van der Waals surface area contributed by atoms with Gasteiger partial charge in [-0.2, -0.15) is 0 Å². The lowest BCUT2D eigenvalue weighted by atomic mass is 9.89. The third-order valence-electron chi connectivity index (χ3n) is 5.56. The molecule has 0 radical (unpaired) electrons. The van der Waals surface area contributed by atoms with Gasteiger partial charge in [0, 0.05) is 23.1 Å². The van der Waals surface area contributed by atoms with E-state index < -0.39 is 5.91 Å². The Bertz CT molecular complexity index is 1250. The van der Waals surface area contributed by atoms with Crippen molar-refractivity contribution in [2.45, 2.75) is 25.4 Å². The van der Waals surface area contributed by atoms with Gasteiger partial charge in [0.25, 0.3) is 5.91 Å². The zero-order chi connectivity index (χ0) is 20.7. The molecular weight excluding hydrogens is 383 g/mol. The van der Waals surface area contributed by atoms with Gasteiger partial charge in [0.15, 0.2) is 5.75 Å². The SMILES string of the molecule is NC(=O)c1ccc(-c2ccccc2F)c2c3c([nH]c12)CCC(Oc1cncnc1)C3. The van der Waals surface area contributed by atoms with E-state index in [1.54, 1.807) is 42.7 Å². The summed E-state index contributed by atoms with van der Waals surface area (Å²) >= 11 is 0. The van der Waals surface area contributed by atoms with Gasteiger partial charge in [-0.1, -0.05) is 24.3 Å². The summed E-state index contributed by atoms with van der Waals surface area (Å²) in [5, 5.41) is 0.823. The van der Waals surface area contributed by atoms with Crippen LogP contribution in [0.3, 0.4) is 0 Å². The highest BCUT2D eigenvalue weighted by molar-refractivity contribution is 6.10. The van der Waals surface area contributed by atoms with Crippen molar-refractivity contribution in [2.24, 2.45) is 5.73 Å². The maximum Gasteiger partial charge on any atom is 0.250 e. The number of primary amides is 1. The monoisotopic (exact) mass is 402 g/mol. The number of aromatic nitrogens is 3. The molecule has 2 heterocycles. The van der Waals surface area contributed by atoms with Crippen molar-refractivity contribution in [3.63, 3.8) is 0 Å². The Labute approximate surface area is 171 Å². The fraction of sp³-hybridized carbons (Fsp3) is 0.174. The number of H-pyrrole nitrogens is 1. The number of ether oxygens (including phenoxy) is 1. The van der Waals surface area contributed by atoms with Crippen molar-refractivity contribution < 1.29 is 13.9 Å². The second-order valence-electron chi connectivity index (χ2n) is 7.39. The van der Waals surface area contributed by atoms with Gasteiger partial charge in [-0.15, -0.1) is 0 Å². The highest BCUT2D eigenvalue weighted by Crippen LogP contribution is 2.39. The second kappa shape index (κ2) is 7.26. The van der Waals surface area contributed by atoms with E-state index in [1.807, 2.05) is 0 Å². The molecule has 1 aliphatic carbocycles. The number of nitrogens with two attached hydrogens (primary N) is 1. The van der Waals surface area contributed by atoms with Crippen molar-refractivity contribution in [3.8, 4) is 16.9 Å². The molecule has 30 heavy (non-hydrogen) atoms. The van der Waals surface area contributed by atoms with Crippen LogP contribution in [0.2, 0.25) is 0 Å². The Morgan fingerprint density at radius 3 is 2.70 bits per heavy atom. The molecule has 2 aromatic carbocycles. The third kappa shape index (κ3) is 3.08. The van der Waals surface area contributed by atoms with E-state index in [0.717, 1.165) is 35.0 Å². The fourth-order valence-electron chi connectivity index (χ4n) is 4.25. The molecule has 1 unspecified atom stereocenters. The van der Waals surface area contributed by atoms with Gasteiger partial charge in [0.2, 0.25) is 0 Å². The highest BCUT2D eigenvalue weighted by Gasteiger charge is 2.27. The number of aromatic amines is 1. The minimum absolute atomic E-state index is 0.0757. The Kier molecular flexibility index (Phi) is 4.43. The smallest absolute Gasteiger partial charge is 0.250 e. The van der Waals surface area contributed by atoms with E-state index >= 15 is 0 Å². The standard InChI is InChI=1S/C23H19FN4O2/c24-19-4-2-1-3-15(19)16-6-7-17(23(25)29)22-21(16)18-9-13(5-8-20(18)28-22)30-14-10-26-12-27-11-14/h1-4,6-7,10-13,28H,5,8-9H2,(H2,25,29). The molecule has 0 spiro atoms. The quantitative estimate of drug-likeness (QED) is 0.543. The molecule has 7 heteroatoms. The largest absolute Gasteiger partial charge is 0.487 e. The molecule has 1 atom stereocenters. The molecule has 0 fully saturated rings. The molecule has 0 bridgehead atoms. The number of nitrogens with one attached hydrogen (secondary N) is 1. The minimum Gasteiger partial charge on any atom is -0.487 e. The van der Waals surface area contributed by atoms with Crippen LogP contribution in [-0.2, 0) is 12.8 Å². The van der Waals surface area contributed by atoms with Crippen LogP contribution in [0.25, 0.3) is 22.0 Å². The third-order valence-corrected chi connectivity index (χ3v) is 5.56. The predicted molar refractivity (Wildman–Crippen MR) is 111 cm³/mol. The Hall–Kier alpha value is -3.74. The van der Waals surface area contributed by atoms with Crippen LogP contribution in [0.15, 0.2) is 55.1 Å². The number of nitrogens with zero attached hydrogens (tertiary/aromatic N) is 2. The molecule has 6 nitrogen and oxygen atoms in total. The van der Waals surface area contributed by atoms with Crippen LogP contribution in [0.4, 0.5) is 4.39 Å². The molecule has 150 valence electrons. The number of fused-ring (bicyclic) bond motifs is 3. The minimum atomic E-state index is -0.520. The van der Waals surface area contributed by atoms with Gasteiger partial charge >= 0.3 is 0 Å². The number of aryl methyl sites for hydroxylation is 1. The summed E-state index contributed by atoms with van der Waals surface area (Å²) < 4.78 is 20.7. The summed E-state index contributed by atoms with van der Waals surface area (Å²) in [4.78, 5) is 23.4. The van der Waals surface area contributed by atoms with Gasteiger partial charge in [-0.3, -0.25) is 4.79 Å². The van der Waals surface area contributed by atoms with E-state index in [-0.39, 0.29) is 11.9 Å². The van der Waals surface area contributed by atoms with Gasteiger partial charge in [0.05, 0.1) is 23.5 Å². The Morgan fingerprint density at radius 2 is 1.93 bits per heavy atom. The maximum atomic E-state index is 14.6. The molecule has 2 aromatic heterocycles. The molecule has 0 aliphatic heterocycles. The molecule has 1 aliphatic rings. The van der Waals surface area contributed by atoms with E-state index in [1.165, 1.54) is 12.4 Å². The van der Waals surface area contributed by atoms with Crippen LogP contribution in [0.5, 0.6) is 5.75 Å². The lowest BCUT2D eigenvalue weighted by Gasteiger charge is -2.23. The number of hydrogen-bond acceptors (Lipinski definition) is 4. The normalized spacial score (nSPS) is 15.7. The van der Waals surface area contributed by atoms with Gasteiger partial charge in [-0.25, -0.2) is 14.4 Å².